The molecule has 1 aliphatic heterocycles. The molecule has 0 bridgehead atoms. The quantitative estimate of drug-likeness (QED) is 0.782. The molecule has 6 heteroatoms. The molecule has 1 fully saturated rings. The minimum absolute atomic E-state index is 0.285. The van der Waals surface area contributed by atoms with Crippen LogP contribution in [0.1, 0.15) is 0 Å². The number of rotatable bonds is 2. The molecule has 5 nitrogen and oxygen atoms in total. The minimum Gasteiger partial charge on any atom is -0.481 e. The molecule has 2 heterocycles. The summed E-state index contributed by atoms with van der Waals surface area (Å²) in [5, 5.41) is 16.5. The molecule has 0 aromatic carbocycles. The normalized spacial score (nSPS) is 16.5. The van der Waals surface area contributed by atoms with Crippen LogP contribution in [-0.4, -0.2) is 34.4 Å². The van der Waals surface area contributed by atoms with Gasteiger partial charge in [0.2, 0.25) is 0 Å². The van der Waals surface area contributed by atoms with Gasteiger partial charge in [0, 0.05) is 13.1 Å². The van der Waals surface area contributed by atoms with Gasteiger partial charge in [-0.2, -0.15) is 0 Å². The molecule has 1 N–H and O–H groups in total. The third-order valence-corrected chi connectivity index (χ3v) is 2.37. The van der Waals surface area contributed by atoms with E-state index in [9.17, 15) is 4.79 Å². The van der Waals surface area contributed by atoms with Gasteiger partial charge in [-0.1, -0.05) is 11.6 Å². The average molecular weight is 214 g/mol. The van der Waals surface area contributed by atoms with E-state index in [1.165, 1.54) is 0 Å². The molecule has 74 valence electrons. The summed E-state index contributed by atoms with van der Waals surface area (Å²) in [5.41, 5.74) is 0. The molecule has 0 aliphatic carbocycles. The number of carboxylic acids is 1. The summed E-state index contributed by atoms with van der Waals surface area (Å²) in [6, 6.07) is 3.37. The van der Waals surface area contributed by atoms with Gasteiger partial charge in [-0.05, 0) is 12.1 Å². The topological polar surface area (TPSA) is 66.3 Å². The number of nitrogens with zero attached hydrogens (tertiary/aromatic N) is 3. The van der Waals surface area contributed by atoms with Crippen LogP contribution in [0.4, 0.5) is 5.82 Å². The smallest absolute Gasteiger partial charge is 0.310 e. The highest BCUT2D eigenvalue weighted by atomic mass is 35.5. The Morgan fingerprint density at radius 3 is 2.71 bits per heavy atom. The van der Waals surface area contributed by atoms with E-state index >= 15 is 0 Å². The third-order valence-electron chi connectivity index (χ3n) is 2.17. The van der Waals surface area contributed by atoms with Crippen molar-refractivity contribution in [3.8, 4) is 0 Å². The molecular formula is C8H8ClN3O2. The van der Waals surface area contributed by atoms with Gasteiger partial charge in [-0.25, -0.2) is 0 Å². The number of carboxylic acid groups (broad SMARTS) is 1. The van der Waals surface area contributed by atoms with Crippen molar-refractivity contribution in [3.63, 3.8) is 0 Å². The van der Waals surface area contributed by atoms with E-state index in [0.717, 1.165) is 0 Å². The van der Waals surface area contributed by atoms with Gasteiger partial charge in [0.25, 0.3) is 0 Å². The predicted octanol–water partition coefficient (Wildman–Crippen LogP) is 0.651. The summed E-state index contributed by atoms with van der Waals surface area (Å²) in [7, 11) is 0. The molecule has 1 aromatic heterocycles. The molecular weight excluding hydrogens is 206 g/mol. The molecule has 1 aromatic rings. The first-order valence-corrected chi connectivity index (χ1v) is 4.51. The van der Waals surface area contributed by atoms with Gasteiger partial charge in [0.1, 0.15) is 0 Å². The van der Waals surface area contributed by atoms with E-state index in [0.29, 0.717) is 24.1 Å². The lowest BCUT2D eigenvalue weighted by molar-refractivity contribution is -0.142. The van der Waals surface area contributed by atoms with Crippen molar-refractivity contribution in [2.24, 2.45) is 5.92 Å². The van der Waals surface area contributed by atoms with Gasteiger partial charge in [-0.3, -0.25) is 4.79 Å². The van der Waals surface area contributed by atoms with Crippen LogP contribution in [0.5, 0.6) is 0 Å². The number of halogens is 1. The Hall–Kier alpha value is -1.36. The third kappa shape index (κ3) is 1.63. The van der Waals surface area contributed by atoms with Crippen LogP contribution in [0.15, 0.2) is 12.1 Å². The first-order valence-electron chi connectivity index (χ1n) is 4.14. The van der Waals surface area contributed by atoms with E-state index in [-0.39, 0.29) is 5.92 Å². The molecule has 1 saturated heterocycles. The molecule has 0 amide bonds. The van der Waals surface area contributed by atoms with E-state index in [4.69, 9.17) is 16.7 Å². The van der Waals surface area contributed by atoms with Crippen LogP contribution in [0.3, 0.4) is 0 Å². The second kappa shape index (κ2) is 3.42. The van der Waals surface area contributed by atoms with E-state index in [2.05, 4.69) is 10.2 Å². The Labute approximate surface area is 85.3 Å². The van der Waals surface area contributed by atoms with Crippen molar-refractivity contribution in [2.75, 3.05) is 18.0 Å². The monoisotopic (exact) mass is 213 g/mol. The molecule has 0 radical (unpaired) electrons. The number of carbonyl (C=O) groups is 1. The molecule has 0 unspecified atom stereocenters. The molecule has 1 aliphatic rings. The van der Waals surface area contributed by atoms with Crippen molar-refractivity contribution < 1.29 is 9.90 Å². The Bertz CT molecular complexity index is 348. The minimum atomic E-state index is -0.761. The highest BCUT2D eigenvalue weighted by Crippen LogP contribution is 2.22. The lowest BCUT2D eigenvalue weighted by Crippen LogP contribution is -2.50. The highest BCUT2D eigenvalue weighted by molar-refractivity contribution is 6.29. The van der Waals surface area contributed by atoms with Crippen molar-refractivity contribution >= 4 is 23.4 Å². The van der Waals surface area contributed by atoms with Gasteiger partial charge in [0.15, 0.2) is 11.0 Å². The van der Waals surface area contributed by atoms with E-state index in [1.54, 1.807) is 12.1 Å². The van der Waals surface area contributed by atoms with Gasteiger partial charge < -0.3 is 10.0 Å². The number of aromatic nitrogens is 2. The summed E-state index contributed by atoms with van der Waals surface area (Å²) < 4.78 is 0. The summed E-state index contributed by atoms with van der Waals surface area (Å²) >= 11 is 5.57. The molecule has 0 atom stereocenters. The predicted molar refractivity (Wildman–Crippen MR) is 50.4 cm³/mol. The molecule has 0 spiro atoms. The maximum absolute atomic E-state index is 10.5. The van der Waals surface area contributed by atoms with E-state index < -0.39 is 5.97 Å². The first kappa shape index (κ1) is 9.21. The van der Waals surface area contributed by atoms with Crippen LogP contribution in [0.25, 0.3) is 0 Å². The Morgan fingerprint density at radius 2 is 2.21 bits per heavy atom. The maximum atomic E-state index is 10.5. The zero-order valence-electron chi connectivity index (χ0n) is 7.22. The van der Waals surface area contributed by atoms with Crippen LogP contribution < -0.4 is 4.90 Å². The number of hydrogen-bond acceptors (Lipinski definition) is 4. The lowest BCUT2D eigenvalue weighted by atomic mass is 10.0. The zero-order chi connectivity index (χ0) is 10.1. The van der Waals surface area contributed by atoms with E-state index in [1.807, 2.05) is 4.90 Å². The Balaban J connectivity index is 2.00. The fraction of sp³-hybridized carbons (Fsp3) is 0.375. The molecule has 14 heavy (non-hydrogen) atoms. The Kier molecular flexibility index (Phi) is 2.25. The van der Waals surface area contributed by atoms with Crippen molar-refractivity contribution in [3.05, 3.63) is 17.3 Å². The van der Waals surface area contributed by atoms with Gasteiger partial charge >= 0.3 is 5.97 Å². The molecule has 0 saturated carbocycles. The highest BCUT2D eigenvalue weighted by Gasteiger charge is 2.33. The van der Waals surface area contributed by atoms with Gasteiger partial charge in [0.05, 0.1) is 5.92 Å². The van der Waals surface area contributed by atoms with Crippen LogP contribution in [-0.2, 0) is 4.79 Å². The largest absolute Gasteiger partial charge is 0.481 e. The summed E-state index contributed by atoms with van der Waals surface area (Å²) in [5.74, 6) is -0.373. The summed E-state index contributed by atoms with van der Waals surface area (Å²) in [4.78, 5) is 12.4. The fourth-order valence-electron chi connectivity index (χ4n) is 1.30. The second-order valence-electron chi connectivity index (χ2n) is 3.15. The molecule has 2 rings (SSSR count). The average Bonchev–Trinajstić information content (AvgIpc) is 2.05. The van der Waals surface area contributed by atoms with Crippen LogP contribution >= 0.6 is 11.6 Å². The number of hydrogen-bond donors (Lipinski definition) is 1. The summed E-state index contributed by atoms with van der Waals surface area (Å²) in [6.07, 6.45) is 0. The van der Waals surface area contributed by atoms with Gasteiger partial charge in [-0.15, -0.1) is 10.2 Å². The second-order valence-corrected chi connectivity index (χ2v) is 3.54. The van der Waals surface area contributed by atoms with Crippen molar-refractivity contribution in [1.82, 2.24) is 10.2 Å². The number of aliphatic carboxylic acids is 1. The lowest BCUT2D eigenvalue weighted by Gasteiger charge is -2.37. The van der Waals surface area contributed by atoms with Crippen LogP contribution in [0.2, 0.25) is 5.15 Å². The maximum Gasteiger partial charge on any atom is 0.310 e. The zero-order valence-corrected chi connectivity index (χ0v) is 7.98. The van der Waals surface area contributed by atoms with Crippen molar-refractivity contribution in [2.45, 2.75) is 0 Å². The SMILES string of the molecule is O=C(O)C1CN(c2ccc(Cl)nn2)C1. The van der Waals surface area contributed by atoms with Crippen molar-refractivity contribution in [1.29, 1.82) is 0 Å². The van der Waals surface area contributed by atoms with Crippen LogP contribution in [0, 0.1) is 5.92 Å². The fourth-order valence-corrected chi connectivity index (χ4v) is 1.40. The number of anilines is 1. The standard InChI is InChI=1S/C8H8ClN3O2/c9-6-1-2-7(11-10-6)12-3-5(4-12)8(13)14/h1-2,5H,3-4H2,(H,13,14). The Morgan fingerprint density at radius 1 is 1.50 bits per heavy atom. The summed E-state index contributed by atoms with van der Waals surface area (Å²) in [6.45, 7) is 0.983. The first-order chi connectivity index (χ1) is 6.66.